The second-order valence-electron chi connectivity index (χ2n) is 6.07. The molecule has 0 bridgehead atoms. The third kappa shape index (κ3) is 2.65. The number of fused-ring (bicyclic) bond motifs is 1. The van der Waals surface area contributed by atoms with E-state index < -0.39 is 10.0 Å². The van der Waals surface area contributed by atoms with Gasteiger partial charge < -0.3 is 0 Å². The van der Waals surface area contributed by atoms with E-state index in [9.17, 15) is 8.42 Å². The first kappa shape index (κ1) is 15.5. The number of nitriles is 1. The van der Waals surface area contributed by atoms with Crippen LogP contribution in [0.3, 0.4) is 0 Å². The lowest BCUT2D eigenvalue weighted by Crippen LogP contribution is -2.57. The molecule has 0 spiro atoms. The van der Waals surface area contributed by atoms with Crippen molar-refractivity contribution in [3.05, 3.63) is 29.8 Å². The molecule has 2 heterocycles. The number of piperazine rings is 1. The number of benzene rings is 1. The standard InChI is InChI=1S/C16H21N3O2S/c1-2-14-11-18-8-4-6-15(18)12-19(14)22(20,21)16-7-3-5-13(9-16)10-17/h3,5,7,9,14-15H,2,4,6,8,11-12H2,1H3/t14-,15-/m1/s1. The maximum absolute atomic E-state index is 13.0. The third-order valence-corrected chi connectivity index (χ3v) is 6.70. The molecular formula is C16H21N3O2S. The maximum atomic E-state index is 13.0. The van der Waals surface area contributed by atoms with Crippen LogP contribution < -0.4 is 0 Å². The van der Waals surface area contributed by atoms with Crippen LogP contribution >= 0.6 is 0 Å². The van der Waals surface area contributed by atoms with Crippen molar-refractivity contribution in [1.29, 1.82) is 5.26 Å². The molecule has 3 rings (SSSR count). The topological polar surface area (TPSA) is 64.4 Å². The Morgan fingerprint density at radius 1 is 1.36 bits per heavy atom. The number of hydrogen-bond donors (Lipinski definition) is 0. The van der Waals surface area contributed by atoms with E-state index in [2.05, 4.69) is 4.90 Å². The Labute approximate surface area is 132 Å². The van der Waals surface area contributed by atoms with Crippen molar-refractivity contribution in [2.45, 2.75) is 43.2 Å². The predicted octanol–water partition coefficient (Wildman–Crippen LogP) is 1.81. The van der Waals surface area contributed by atoms with Gasteiger partial charge in [-0.15, -0.1) is 0 Å². The van der Waals surface area contributed by atoms with Crippen LogP contribution in [0, 0.1) is 11.3 Å². The molecule has 1 aromatic carbocycles. The van der Waals surface area contributed by atoms with Crippen molar-refractivity contribution in [3.63, 3.8) is 0 Å². The van der Waals surface area contributed by atoms with Gasteiger partial charge in [0.25, 0.3) is 0 Å². The first-order valence-electron chi connectivity index (χ1n) is 7.82. The van der Waals surface area contributed by atoms with Crippen LogP contribution in [0.4, 0.5) is 0 Å². The first-order chi connectivity index (χ1) is 10.6. The van der Waals surface area contributed by atoms with Gasteiger partial charge in [-0.1, -0.05) is 13.0 Å². The van der Waals surface area contributed by atoms with Gasteiger partial charge in [-0.2, -0.15) is 9.57 Å². The van der Waals surface area contributed by atoms with Crippen molar-refractivity contribution in [3.8, 4) is 6.07 Å². The smallest absolute Gasteiger partial charge is 0.243 e. The van der Waals surface area contributed by atoms with Gasteiger partial charge in [0.15, 0.2) is 0 Å². The molecule has 22 heavy (non-hydrogen) atoms. The highest BCUT2D eigenvalue weighted by Gasteiger charge is 2.41. The summed E-state index contributed by atoms with van der Waals surface area (Å²) in [6.45, 7) is 4.50. The Balaban J connectivity index is 1.94. The first-order valence-corrected chi connectivity index (χ1v) is 9.26. The molecule has 0 unspecified atom stereocenters. The molecule has 6 heteroatoms. The molecule has 5 nitrogen and oxygen atoms in total. The molecule has 0 aromatic heterocycles. The predicted molar refractivity (Wildman–Crippen MR) is 83.7 cm³/mol. The minimum atomic E-state index is -3.54. The van der Waals surface area contributed by atoms with Crippen LogP contribution in [-0.4, -0.2) is 49.3 Å². The number of sulfonamides is 1. The Morgan fingerprint density at radius 2 is 2.18 bits per heavy atom. The summed E-state index contributed by atoms with van der Waals surface area (Å²) in [7, 11) is -3.54. The number of hydrogen-bond acceptors (Lipinski definition) is 4. The lowest BCUT2D eigenvalue weighted by Gasteiger charge is -2.42. The number of rotatable bonds is 3. The SMILES string of the molecule is CC[C@@H]1CN2CCC[C@@H]2CN1S(=O)(=O)c1cccc(C#N)c1. The van der Waals surface area contributed by atoms with Gasteiger partial charge in [-0.05, 0) is 44.0 Å². The van der Waals surface area contributed by atoms with Crippen LogP contribution in [0.5, 0.6) is 0 Å². The van der Waals surface area contributed by atoms with Crippen molar-refractivity contribution in [2.75, 3.05) is 19.6 Å². The Bertz CT molecular complexity index is 696. The zero-order chi connectivity index (χ0) is 15.7. The highest BCUT2D eigenvalue weighted by Crippen LogP contribution is 2.30. The molecule has 0 radical (unpaired) electrons. The van der Waals surface area contributed by atoms with E-state index in [0.29, 0.717) is 18.2 Å². The fraction of sp³-hybridized carbons (Fsp3) is 0.562. The summed E-state index contributed by atoms with van der Waals surface area (Å²) in [4.78, 5) is 2.66. The van der Waals surface area contributed by atoms with E-state index in [4.69, 9.17) is 5.26 Å². The van der Waals surface area contributed by atoms with Gasteiger partial charge >= 0.3 is 0 Å². The molecule has 118 valence electrons. The molecule has 0 amide bonds. The van der Waals surface area contributed by atoms with E-state index >= 15 is 0 Å². The molecule has 0 N–H and O–H groups in total. The molecule has 0 saturated carbocycles. The minimum absolute atomic E-state index is 0.0186. The van der Waals surface area contributed by atoms with Crippen LogP contribution in [-0.2, 0) is 10.0 Å². The largest absolute Gasteiger partial charge is 0.297 e. The summed E-state index contributed by atoms with van der Waals surface area (Å²) >= 11 is 0. The monoisotopic (exact) mass is 319 g/mol. The van der Waals surface area contributed by atoms with Gasteiger partial charge in [0, 0.05) is 25.2 Å². The van der Waals surface area contributed by atoms with Crippen molar-refractivity contribution < 1.29 is 8.42 Å². The second kappa shape index (κ2) is 5.99. The molecule has 2 fully saturated rings. The Kier molecular flexibility index (Phi) is 4.22. The van der Waals surface area contributed by atoms with E-state index in [-0.39, 0.29) is 10.9 Å². The highest BCUT2D eigenvalue weighted by molar-refractivity contribution is 7.89. The minimum Gasteiger partial charge on any atom is -0.297 e. The summed E-state index contributed by atoms with van der Waals surface area (Å²) in [5, 5.41) is 8.99. The molecule has 1 aromatic rings. The fourth-order valence-corrected chi connectivity index (χ4v) is 5.32. The van der Waals surface area contributed by atoms with Gasteiger partial charge in [-0.25, -0.2) is 8.42 Å². The van der Waals surface area contributed by atoms with E-state index in [1.165, 1.54) is 6.07 Å². The summed E-state index contributed by atoms with van der Waals surface area (Å²) in [5.74, 6) is 0. The van der Waals surface area contributed by atoms with Gasteiger partial charge in [-0.3, -0.25) is 4.90 Å². The van der Waals surface area contributed by atoms with E-state index in [1.807, 2.05) is 13.0 Å². The molecule has 2 atom stereocenters. The van der Waals surface area contributed by atoms with Gasteiger partial charge in [0.2, 0.25) is 10.0 Å². The van der Waals surface area contributed by atoms with Crippen LogP contribution in [0.1, 0.15) is 31.7 Å². The second-order valence-corrected chi connectivity index (χ2v) is 7.96. The molecule has 2 saturated heterocycles. The summed E-state index contributed by atoms with van der Waals surface area (Å²) in [6.07, 6.45) is 3.03. The average molecular weight is 319 g/mol. The maximum Gasteiger partial charge on any atom is 0.243 e. The normalized spacial score (nSPS) is 26.5. The van der Waals surface area contributed by atoms with Gasteiger partial charge in [0.1, 0.15) is 0 Å². The average Bonchev–Trinajstić information content (AvgIpc) is 3.01. The molecule has 0 aliphatic carbocycles. The Morgan fingerprint density at radius 3 is 2.91 bits per heavy atom. The third-order valence-electron chi connectivity index (χ3n) is 4.78. The number of nitrogens with zero attached hydrogens (tertiary/aromatic N) is 3. The lowest BCUT2D eigenvalue weighted by molar-refractivity contribution is 0.106. The van der Waals surface area contributed by atoms with Crippen LogP contribution in [0.15, 0.2) is 29.2 Å². The fourth-order valence-electron chi connectivity index (χ4n) is 3.55. The van der Waals surface area contributed by atoms with Crippen LogP contribution in [0.2, 0.25) is 0 Å². The van der Waals surface area contributed by atoms with E-state index in [1.54, 1.807) is 22.5 Å². The van der Waals surface area contributed by atoms with Crippen LogP contribution in [0.25, 0.3) is 0 Å². The lowest BCUT2D eigenvalue weighted by atomic mass is 10.1. The highest BCUT2D eigenvalue weighted by atomic mass is 32.2. The molecular weight excluding hydrogens is 298 g/mol. The van der Waals surface area contributed by atoms with Crippen molar-refractivity contribution >= 4 is 10.0 Å². The van der Waals surface area contributed by atoms with Crippen molar-refractivity contribution in [2.24, 2.45) is 0 Å². The molecule has 2 aliphatic heterocycles. The quantitative estimate of drug-likeness (QED) is 0.852. The molecule has 2 aliphatic rings. The Hall–Kier alpha value is -1.42. The summed E-state index contributed by atoms with van der Waals surface area (Å²) in [6, 6.07) is 8.71. The zero-order valence-electron chi connectivity index (χ0n) is 12.8. The van der Waals surface area contributed by atoms with Gasteiger partial charge in [0.05, 0.1) is 16.5 Å². The summed E-state index contributed by atoms with van der Waals surface area (Å²) in [5.41, 5.74) is 0.383. The van der Waals surface area contributed by atoms with E-state index in [0.717, 1.165) is 32.4 Å². The zero-order valence-corrected chi connectivity index (χ0v) is 13.6. The van der Waals surface area contributed by atoms with Crippen molar-refractivity contribution in [1.82, 2.24) is 9.21 Å². The summed E-state index contributed by atoms with van der Waals surface area (Å²) < 4.78 is 27.7.